The van der Waals surface area contributed by atoms with Gasteiger partial charge in [0.2, 0.25) is 0 Å². The second-order valence-electron chi connectivity index (χ2n) is 4.47. The number of halogens is 1. The van der Waals surface area contributed by atoms with Crippen LogP contribution in [0.2, 0.25) is 0 Å². The molecule has 1 N–H and O–H groups in total. The molecule has 0 aliphatic carbocycles. The molecule has 0 bridgehead atoms. The number of nitro benzene ring substituents is 1. The highest BCUT2D eigenvalue weighted by Gasteiger charge is 2.21. The van der Waals surface area contributed by atoms with Crippen LogP contribution in [0.15, 0.2) is 22.7 Å². The van der Waals surface area contributed by atoms with Gasteiger partial charge in [-0.1, -0.05) is 15.9 Å². The second-order valence-corrected chi connectivity index (χ2v) is 5.38. The van der Waals surface area contributed by atoms with Crippen LogP contribution in [0, 0.1) is 10.1 Å². The molecular weight excluding hydrogens is 314 g/mol. The molecule has 1 unspecified atom stereocenters. The highest BCUT2D eigenvalue weighted by molar-refractivity contribution is 9.10. The van der Waals surface area contributed by atoms with Crippen LogP contribution >= 0.6 is 15.9 Å². The number of rotatable bonds is 4. The third-order valence-electron chi connectivity index (χ3n) is 3.03. The van der Waals surface area contributed by atoms with E-state index >= 15 is 0 Å². The van der Waals surface area contributed by atoms with Gasteiger partial charge in [-0.3, -0.25) is 10.1 Å². The number of nitro groups is 1. The van der Waals surface area contributed by atoms with E-state index in [1.54, 1.807) is 12.1 Å². The van der Waals surface area contributed by atoms with E-state index in [-0.39, 0.29) is 16.7 Å². The predicted molar refractivity (Wildman–Crippen MR) is 76.7 cm³/mol. The third kappa shape index (κ3) is 3.65. The van der Waals surface area contributed by atoms with E-state index in [1.807, 2.05) is 11.9 Å². The number of morpholine rings is 1. The topological polar surface area (TPSA) is 67.6 Å². The standard InChI is InChI=1S/C12H16BrN3O3/c1-15(8-10-7-14-4-5-19-10)12-6-9(13)2-3-11(12)16(17)18/h2-3,6,10,14H,4-5,7-8H2,1H3. The molecule has 2 rings (SSSR count). The van der Waals surface area contributed by atoms with Crippen molar-refractivity contribution in [3.8, 4) is 0 Å². The summed E-state index contributed by atoms with van der Waals surface area (Å²) in [7, 11) is 1.84. The molecule has 1 atom stereocenters. The molecule has 1 aromatic rings. The van der Waals surface area contributed by atoms with Gasteiger partial charge in [0.15, 0.2) is 0 Å². The molecule has 1 heterocycles. The third-order valence-corrected chi connectivity index (χ3v) is 3.52. The van der Waals surface area contributed by atoms with Crippen molar-refractivity contribution < 1.29 is 9.66 Å². The van der Waals surface area contributed by atoms with Gasteiger partial charge in [0, 0.05) is 37.2 Å². The summed E-state index contributed by atoms with van der Waals surface area (Å²) in [6, 6.07) is 4.94. The molecule has 19 heavy (non-hydrogen) atoms. The number of nitrogens with zero attached hydrogens (tertiary/aromatic N) is 2. The van der Waals surface area contributed by atoms with Crippen LogP contribution in [0.5, 0.6) is 0 Å². The van der Waals surface area contributed by atoms with Crippen molar-refractivity contribution in [1.29, 1.82) is 0 Å². The molecule has 0 aromatic heterocycles. The maximum Gasteiger partial charge on any atom is 0.292 e. The number of nitrogens with one attached hydrogen (secondary N) is 1. The predicted octanol–water partition coefficient (Wildman–Crippen LogP) is 1.78. The Kier molecular flexibility index (Phi) is 4.73. The van der Waals surface area contributed by atoms with E-state index < -0.39 is 0 Å². The first-order chi connectivity index (χ1) is 9.08. The molecule has 0 radical (unpaired) electrons. The lowest BCUT2D eigenvalue weighted by Crippen LogP contribution is -2.44. The summed E-state index contributed by atoms with van der Waals surface area (Å²) in [5.74, 6) is 0. The maximum absolute atomic E-state index is 11.0. The van der Waals surface area contributed by atoms with E-state index in [0.29, 0.717) is 18.8 Å². The van der Waals surface area contributed by atoms with Crippen LogP contribution in [0.4, 0.5) is 11.4 Å². The molecule has 0 spiro atoms. The molecule has 104 valence electrons. The SMILES string of the molecule is CN(CC1CNCCO1)c1cc(Br)ccc1[N+](=O)[O-]. The fraction of sp³-hybridized carbons (Fsp3) is 0.500. The number of hydrogen-bond donors (Lipinski definition) is 1. The largest absolute Gasteiger partial charge is 0.374 e. The minimum atomic E-state index is -0.363. The molecule has 1 aromatic carbocycles. The smallest absolute Gasteiger partial charge is 0.292 e. The first-order valence-corrected chi connectivity index (χ1v) is 6.84. The van der Waals surface area contributed by atoms with Crippen molar-refractivity contribution in [2.75, 3.05) is 38.2 Å². The molecule has 1 fully saturated rings. The fourth-order valence-electron chi connectivity index (χ4n) is 2.10. The lowest BCUT2D eigenvalue weighted by molar-refractivity contribution is -0.384. The van der Waals surface area contributed by atoms with E-state index in [1.165, 1.54) is 6.07 Å². The Labute approximate surface area is 120 Å². The number of likely N-dealkylation sites (N-methyl/N-ethyl adjacent to an activating group) is 1. The van der Waals surface area contributed by atoms with E-state index in [0.717, 1.165) is 17.6 Å². The molecule has 1 aliphatic rings. The average molecular weight is 330 g/mol. The lowest BCUT2D eigenvalue weighted by Gasteiger charge is -2.29. The molecular formula is C12H16BrN3O3. The van der Waals surface area contributed by atoms with Crippen molar-refractivity contribution in [2.45, 2.75) is 6.10 Å². The average Bonchev–Trinajstić information content (AvgIpc) is 2.39. The summed E-state index contributed by atoms with van der Waals surface area (Å²) in [5, 5.41) is 14.3. The van der Waals surface area contributed by atoms with Crippen LogP contribution in [0.25, 0.3) is 0 Å². The van der Waals surface area contributed by atoms with Gasteiger partial charge in [0.25, 0.3) is 5.69 Å². The Morgan fingerprint density at radius 3 is 3.05 bits per heavy atom. The highest BCUT2D eigenvalue weighted by Crippen LogP contribution is 2.30. The molecule has 0 saturated carbocycles. The van der Waals surface area contributed by atoms with Crippen LogP contribution < -0.4 is 10.2 Å². The minimum absolute atomic E-state index is 0.0531. The lowest BCUT2D eigenvalue weighted by atomic mass is 10.2. The monoisotopic (exact) mass is 329 g/mol. The normalized spacial score (nSPS) is 19.2. The quantitative estimate of drug-likeness (QED) is 0.673. The second kappa shape index (κ2) is 6.31. The highest BCUT2D eigenvalue weighted by atomic mass is 79.9. The summed E-state index contributed by atoms with van der Waals surface area (Å²) < 4.78 is 6.44. The summed E-state index contributed by atoms with van der Waals surface area (Å²) >= 11 is 3.35. The number of anilines is 1. The zero-order valence-electron chi connectivity index (χ0n) is 10.6. The molecule has 1 saturated heterocycles. The zero-order chi connectivity index (χ0) is 13.8. The first-order valence-electron chi connectivity index (χ1n) is 6.05. The van der Waals surface area contributed by atoms with E-state index in [4.69, 9.17) is 4.74 Å². The van der Waals surface area contributed by atoms with Crippen LogP contribution in [-0.4, -0.2) is 44.3 Å². The van der Waals surface area contributed by atoms with Crippen molar-refractivity contribution >= 4 is 27.3 Å². The van der Waals surface area contributed by atoms with Gasteiger partial charge >= 0.3 is 0 Å². The Hall–Kier alpha value is -1.18. The van der Waals surface area contributed by atoms with E-state index in [9.17, 15) is 10.1 Å². The summed E-state index contributed by atoms with van der Waals surface area (Å²) in [6.07, 6.45) is 0.0531. The van der Waals surface area contributed by atoms with Crippen LogP contribution in [0.3, 0.4) is 0 Å². The Balaban J connectivity index is 2.14. The number of benzene rings is 1. The van der Waals surface area contributed by atoms with Gasteiger partial charge < -0.3 is 15.0 Å². The van der Waals surface area contributed by atoms with Crippen LogP contribution in [-0.2, 0) is 4.74 Å². The summed E-state index contributed by atoms with van der Waals surface area (Å²) in [4.78, 5) is 12.5. The fourth-order valence-corrected chi connectivity index (χ4v) is 2.45. The molecule has 1 aliphatic heterocycles. The van der Waals surface area contributed by atoms with Gasteiger partial charge in [0.1, 0.15) is 5.69 Å². The number of hydrogen-bond acceptors (Lipinski definition) is 5. The summed E-state index contributed by atoms with van der Waals surface area (Å²) in [5.41, 5.74) is 0.697. The van der Waals surface area contributed by atoms with Gasteiger partial charge in [-0.05, 0) is 12.1 Å². The zero-order valence-corrected chi connectivity index (χ0v) is 12.2. The van der Waals surface area contributed by atoms with Gasteiger partial charge in [-0.25, -0.2) is 0 Å². The van der Waals surface area contributed by atoms with Gasteiger partial charge in [-0.2, -0.15) is 0 Å². The van der Waals surface area contributed by atoms with Crippen molar-refractivity contribution in [3.63, 3.8) is 0 Å². The minimum Gasteiger partial charge on any atom is -0.374 e. The van der Waals surface area contributed by atoms with Crippen molar-refractivity contribution in [2.24, 2.45) is 0 Å². The first kappa shape index (κ1) is 14.2. The Morgan fingerprint density at radius 1 is 1.63 bits per heavy atom. The van der Waals surface area contributed by atoms with Gasteiger partial charge in [-0.15, -0.1) is 0 Å². The number of ether oxygens (including phenoxy) is 1. The molecule has 7 heteroatoms. The molecule has 6 nitrogen and oxygen atoms in total. The summed E-state index contributed by atoms with van der Waals surface area (Å²) in [6.45, 7) is 2.92. The molecule has 0 amide bonds. The van der Waals surface area contributed by atoms with Crippen LogP contribution in [0.1, 0.15) is 0 Å². The maximum atomic E-state index is 11.0. The van der Waals surface area contributed by atoms with Gasteiger partial charge in [0.05, 0.1) is 17.6 Å². The van der Waals surface area contributed by atoms with Crippen molar-refractivity contribution in [1.82, 2.24) is 5.32 Å². The Morgan fingerprint density at radius 2 is 2.42 bits per heavy atom. The van der Waals surface area contributed by atoms with E-state index in [2.05, 4.69) is 21.2 Å². The Bertz CT molecular complexity index is 464. The van der Waals surface area contributed by atoms with Crippen molar-refractivity contribution in [3.05, 3.63) is 32.8 Å².